The summed E-state index contributed by atoms with van der Waals surface area (Å²) in [5, 5.41) is 21.7. The van der Waals surface area contributed by atoms with Crippen molar-refractivity contribution in [2.75, 3.05) is 11.5 Å². The van der Waals surface area contributed by atoms with Crippen LogP contribution in [0.25, 0.3) is 11.2 Å². The first-order chi connectivity index (χ1) is 15.0. The summed E-state index contributed by atoms with van der Waals surface area (Å²) in [6, 6.07) is -0.862. The molecule has 3 unspecified atom stereocenters. The van der Waals surface area contributed by atoms with Crippen molar-refractivity contribution in [1.82, 2.24) is 19.5 Å². The van der Waals surface area contributed by atoms with Crippen LogP contribution in [-0.2, 0) is 26.8 Å². The first-order valence-electron chi connectivity index (χ1n) is 8.95. The molecule has 2 saturated carbocycles. The van der Waals surface area contributed by atoms with Gasteiger partial charge in [0.05, 0.1) is 12.4 Å². The summed E-state index contributed by atoms with van der Waals surface area (Å²) in [7, 11) is -16.8. The number of phosphoric ester groups is 1. The van der Waals surface area contributed by atoms with Gasteiger partial charge in [0.25, 0.3) is 0 Å². The van der Waals surface area contributed by atoms with Gasteiger partial charge in [0, 0.05) is 5.92 Å². The predicted molar refractivity (Wildman–Crippen MR) is 106 cm³/mol. The Morgan fingerprint density at radius 2 is 1.73 bits per heavy atom. The van der Waals surface area contributed by atoms with Gasteiger partial charge in [-0.1, -0.05) is 6.92 Å². The number of nitrogens with two attached hydrogens (primary N) is 2. The molecular formula is C12H19N6O12P3. The molecule has 8 atom stereocenters. The fourth-order valence-electron chi connectivity index (χ4n) is 4.40. The zero-order chi connectivity index (χ0) is 24.7. The Bertz CT molecular complexity index is 1270. The van der Waals surface area contributed by atoms with Gasteiger partial charge >= 0.3 is 23.5 Å². The minimum Gasteiger partial charge on any atom is -0.388 e. The van der Waals surface area contributed by atoms with E-state index in [2.05, 4.69) is 23.6 Å². The van der Waals surface area contributed by atoms with Crippen LogP contribution in [0.1, 0.15) is 13.0 Å². The van der Waals surface area contributed by atoms with Crippen molar-refractivity contribution < 1.29 is 56.6 Å². The van der Waals surface area contributed by atoms with Crippen LogP contribution in [0, 0.1) is 11.8 Å². The third kappa shape index (κ3) is 4.23. The molecular weight excluding hydrogens is 513 g/mol. The molecule has 0 radical (unpaired) electrons. The van der Waals surface area contributed by atoms with Crippen LogP contribution >= 0.6 is 23.5 Å². The molecule has 2 aliphatic rings. The molecule has 18 nitrogen and oxygen atoms in total. The predicted octanol–water partition coefficient (Wildman–Crippen LogP) is -1.38. The summed E-state index contributed by atoms with van der Waals surface area (Å²) in [6.07, 6.45) is -1.85. The molecule has 21 heteroatoms. The second-order valence-corrected chi connectivity index (χ2v) is 12.0. The average Bonchev–Trinajstić information content (AvgIpc) is 2.87. The Morgan fingerprint density at radius 3 is 2.27 bits per heavy atom. The SMILES string of the molecule is C[C@H]1[C@@H](n2cnc3c(N)nc(N)nc32)[C@H](O)[C@@]2(O)C(OP(=O)(O)OP(=O)(O)OP(=O)(O)O)[C@@H]12. The van der Waals surface area contributed by atoms with Crippen molar-refractivity contribution in [3.8, 4) is 0 Å². The summed E-state index contributed by atoms with van der Waals surface area (Å²) in [5.41, 5.74) is 9.66. The van der Waals surface area contributed by atoms with Crippen LogP contribution in [0.3, 0.4) is 0 Å². The molecule has 0 aromatic carbocycles. The highest BCUT2D eigenvalue weighted by Gasteiger charge is 2.79. The molecule has 0 spiro atoms. The lowest BCUT2D eigenvalue weighted by Gasteiger charge is -2.28. The van der Waals surface area contributed by atoms with Crippen molar-refractivity contribution in [2.24, 2.45) is 11.8 Å². The van der Waals surface area contributed by atoms with Gasteiger partial charge < -0.3 is 45.8 Å². The molecule has 0 saturated heterocycles. The van der Waals surface area contributed by atoms with Crippen LogP contribution in [0.2, 0.25) is 0 Å². The lowest BCUT2D eigenvalue weighted by molar-refractivity contribution is -0.0421. The number of imidazole rings is 1. The van der Waals surface area contributed by atoms with Crippen molar-refractivity contribution in [1.29, 1.82) is 0 Å². The summed E-state index contributed by atoms with van der Waals surface area (Å²) < 4.78 is 47.8. The van der Waals surface area contributed by atoms with Gasteiger partial charge in [0.15, 0.2) is 11.5 Å². The van der Waals surface area contributed by atoms with E-state index in [1.165, 1.54) is 10.9 Å². The first kappa shape index (κ1) is 24.6. The third-order valence-electron chi connectivity index (χ3n) is 5.56. The number of aromatic nitrogens is 4. The van der Waals surface area contributed by atoms with E-state index in [0.29, 0.717) is 0 Å². The molecule has 2 heterocycles. The van der Waals surface area contributed by atoms with Gasteiger partial charge in [0.2, 0.25) is 5.95 Å². The van der Waals surface area contributed by atoms with Crippen LogP contribution in [-0.4, -0.2) is 67.1 Å². The maximum absolute atomic E-state index is 12.1. The number of phosphoric acid groups is 3. The average molecular weight is 532 g/mol. The normalized spacial score (nSPS) is 35.2. The second kappa shape index (κ2) is 7.49. The number of nitrogen functional groups attached to an aromatic ring is 2. The summed E-state index contributed by atoms with van der Waals surface area (Å²) in [6.45, 7) is 1.58. The number of aliphatic hydroxyl groups excluding tert-OH is 1. The van der Waals surface area contributed by atoms with Crippen molar-refractivity contribution in [3.63, 3.8) is 0 Å². The monoisotopic (exact) mass is 532 g/mol. The molecule has 2 aromatic rings. The fraction of sp³-hybridized carbons (Fsp3) is 0.583. The van der Waals surface area contributed by atoms with E-state index in [1.807, 2.05) is 0 Å². The molecule has 2 fully saturated rings. The van der Waals surface area contributed by atoms with Crippen LogP contribution < -0.4 is 11.5 Å². The Morgan fingerprint density at radius 1 is 1.09 bits per heavy atom. The third-order valence-corrected chi connectivity index (χ3v) is 9.38. The Hall–Kier alpha value is -1.52. The number of aliphatic hydroxyl groups is 2. The quantitative estimate of drug-likeness (QED) is 0.190. The van der Waals surface area contributed by atoms with Crippen molar-refractivity contribution in [3.05, 3.63) is 6.33 Å². The second-order valence-electron chi connectivity index (χ2n) is 7.62. The molecule has 0 aliphatic heterocycles. The zero-order valence-corrected chi connectivity index (χ0v) is 19.1. The summed E-state index contributed by atoms with van der Waals surface area (Å²) in [4.78, 5) is 48.0. The molecule has 0 amide bonds. The van der Waals surface area contributed by atoms with E-state index >= 15 is 0 Å². The summed E-state index contributed by atoms with van der Waals surface area (Å²) in [5.74, 6) is -1.77. The Kier molecular flexibility index (Phi) is 5.58. The molecule has 10 N–H and O–H groups in total. The number of nitrogens with zero attached hydrogens (tertiary/aromatic N) is 4. The molecule has 184 valence electrons. The number of hydrogen-bond donors (Lipinski definition) is 8. The lowest BCUT2D eigenvalue weighted by atomic mass is 9.97. The van der Waals surface area contributed by atoms with Gasteiger partial charge in [-0.25, -0.2) is 18.7 Å². The highest BCUT2D eigenvalue weighted by Crippen LogP contribution is 2.71. The van der Waals surface area contributed by atoms with Crippen LogP contribution in [0.5, 0.6) is 0 Å². The van der Waals surface area contributed by atoms with Crippen molar-refractivity contribution >= 4 is 46.4 Å². The van der Waals surface area contributed by atoms with Gasteiger partial charge in [-0.2, -0.15) is 18.6 Å². The minimum atomic E-state index is -5.73. The largest absolute Gasteiger partial charge is 0.490 e. The van der Waals surface area contributed by atoms with Gasteiger partial charge in [0.1, 0.15) is 23.3 Å². The molecule has 4 rings (SSSR count). The van der Waals surface area contributed by atoms with Crippen LogP contribution in [0.4, 0.5) is 11.8 Å². The number of fused-ring (bicyclic) bond motifs is 2. The highest BCUT2D eigenvalue weighted by atomic mass is 31.3. The minimum absolute atomic E-state index is 0.00852. The number of hydrogen-bond acceptors (Lipinski definition) is 13. The lowest BCUT2D eigenvalue weighted by Crippen LogP contribution is -2.38. The van der Waals surface area contributed by atoms with E-state index in [1.54, 1.807) is 6.92 Å². The molecule has 0 bridgehead atoms. The molecule has 2 aromatic heterocycles. The van der Waals surface area contributed by atoms with Gasteiger partial charge in [-0.05, 0) is 5.92 Å². The maximum atomic E-state index is 12.1. The Labute approximate surface area is 183 Å². The van der Waals surface area contributed by atoms with E-state index in [9.17, 15) is 33.7 Å². The smallest absolute Gasteiger partial charge is 0.388 e. The zero-order valence-electron chi connectivity index (χ0n) is 16.4. The highest BCUT2D eigenvalue weighted by molar-refractivity contribution is 7.66. The van der Waals surface area contributed by atoms with Gasteiger partial charge in [-0.15, -0.1) is 0 Å². The fourth-order valence-corrected chi connectivity index (χ4v) is 7.64. The van der Waals surface area contributed by atoms with Gasteiger partial charge in [-0.3, -0.25) is 4.52 Å². The number of anilines is 2. The van der Waals surface area contributed by atoms with E-state index in [-0.39, 0.29) is 22.9 Å². The topological polar surface area (TPSA) is 296 Å². The first-order valence-corrected chi connectivity index (χ1v) is 13.5. The molecule has 33 heavy (non-hydrogen) atoms. The van der Waals surface area contributed by atoms with E-state index < -0.39 is 59.2 Å². The van der Waals surface area contributed by atoms with Crippen molar-refractivity contribution in [2.45, 2.75) is 30.8 Å². The van der Waals surface area contributed by atoms with E-state index in [0.717, 1.165) is 0 Å². The Balaban J connectivity index is 1.55. The molecule has 2 aliphatic carbocycles. The number of rotatable bonds is 7. The summed E-state index contributed by atoms with van der Waals surface area (Å²) >= 11 is 0. The maximum Gasteiger partial charge on any atom is 0.490 e. The van der Waals surface area contributed by atoms with E-state index in [4.69, 9.17) is 25.8 Å². The van der Waals surface area contributed by atoms with Crippen LogP contribution in [0.15, 0.2) is 6.33 Å². The standard InChI is InChI=1S/C12H19N6O12P3/c1-3-4-8(28-32(24,25)30-33(26,27)29-31(21,22)23)12(4,20)7(19)6(3)18-2-15-5-9(13)16-11(14)17-10(5)18/h2-4,6-8,19-20H,1H3,(H,24,25)(H,26,27)(H2,21,22,23)(H4,13,14,16,17)/t3-,4-,6-,7+,8?,12-/m1/s1.